The van der Waals surface area contributed by atoms with Gasteiger partial charge in [0.1, 0.15) is 18.7 Å². The van der Waals surface area contributed by atoms with Crippen LogP contribution in [0.5, 0.6) is 0 Å². The fraction of sp³-hybridized carbons (Fsp3) is 0.400. The Morgan fingerprint density at radius 1 is 1.33 bits per heavy atom. The molecule has 2 aromatic heterocycles. The minimum Gasteiger partial charge on any atom is -0.368 e. The molecule has 1 amide bonds. The Morgan fingerprint density at radius 3 is 2.81 bits per heavy atom. The minimum absolute atomic E-state index is 0.167. The molecule has 0 radical (unpaired) electrons. The molecule has 1 atom stereocenters. The fourth-order valence-electron chi connectivity index (χ4n) is 2.26. The number of primary amides is 1. The zero-order chi connectivity index (χ0) is 14.8. The molecule has 5 N–H and O–H groups in total. The average Bonchev–Trinajstić information content (AvgIpc) is 3.17. The number of amides is 1. The molecule has 3 rings (SSSR count). The second-order valence-corrected chi connectivity index (χ2v) is 4.50. The van der Waals surface area contributed by atoms with Gasteiger partial charge in [0.25, 0.3) is 5.95 Å². The van der Waals surface area contributed by atoms with E-state index in [9.17, 15) is 4.79 Å². The van der Waals surface area contributed by atoms with Crippen molar-refractivity contribution in [3.63, 3.8) is 0 Å². The van der Waals surface area contributed by atoms with Crippen LogP contribution in [0.1, 0.15) is 12.8 Å². The van der Waals surface area contributed by atoms with Crippen molar-refractivity contribution in [2.45, 2.75) is 18.9 Å². The highest BCUT2D eigenvalue weighted by Crippen LogP contribution is 2.23. The number of nitrogens with one attached hydrogen (secondary N) is 1. The molecular formula is C10H14N10O. The lowest BCUT2D eigenvalue weighted by atomic mass is 10.2. The van der Waals surface area contributed by atoms with Gasteiger partial charge < -0.3 is 10.6 Å². The molecule has 1 aliphatic heterocycles. The molecule has 11 heteroatoms. The third kappa shape index (κ3) is 2.45. The molecule has 0 aliphatic carbocycles. The highest BCUT2D eigenvalue weighted by Gasteiger charge is 2.31. The number of carbonyl (C=O) groups is 1. The molecule has 0 aromatic carbocycles. The predicted molar refractivity (Wildman–Crippen MR) is 72.1 cm³/mol. The van der Waals surface area contributed by atoms with Crippen LogP contribution in [0.15, 0.2) is 12.7 Å². The van der Waals surface area contributed by atoms with Crippen molar-refractivity contribution >= 4 is 17.8 Å². The molecule has 1 unspecified atom stereocenters. The number of carbonyl (C=O) groups excluding carboxylic acids is 1. The second kappa shape index (κ2) is 5.28. The van der Waals surface area contributed by atoms with Gasteiger partial charge in [0, 0.05) is 6.54 Å². The summed E-state index contributed by atoms with van der Waals surface area (Å²) in [4.78, 5) is 29.6. The van der Waals surface area contributed by atoms with Crippen molar-refractivity contribution in [2.24, 2.45) is 11.6 Å². The van der Waals surface area contributed by atoms with E-state index < -0.39 is 11.9 Å². The van der Waals surface area contributed by atoms with Crippen LogP contribution in [-0.4, -0.2) is 48.2 Å². The Morgan fingerprint density at radius 2 is 2.14 bits per heavy atom. The standard InChI is InChI=1S/C10H14N10O/c11-7(21)6-2-1-3-19(6)9-15-8(18-12)16-10(17-9)20-5-13-4-14-20/h4-6H,1-3,12H2,(H2,11,21)(H,15,16,17,18). The zero-order valence-electron chi connectivity index (χ0n) is 11.0. The van der Waals surface area contributed by atoms with E-state index in [0.717, 1.165) is 6.42 Å². The average molecular weight is 290 g/mol. The molecular weight excluding hydrogens is 276 g/mol. The van der Waals surface area contributed by atoms with E-state index in [1.54, 1.807) is 4.90 Å². The molecule has 2 aromatic rings. The first kappa shape index (κ1) is 13.2. The van der Waals surface area contributed by atoms with E-state index >= 15 is 0 Å². The summed E-state index contributed by atoms with van der Waals surface area (Å²) >= 11 is 0. The third-order valence-electron chi connectivity index (χ3n) is 3.20. The Kier molecular flexibility index (Phi) is 3.31. The monoisotopic (exact) mass is 290 g/mol. The van der Waals surface area contributed by atoms with Crippen molar-refractivity contribution < 1.29 is 4.79 Å². The quantitative estimate of drug-likeness (QED) is 0.436. The summed E-state index contributed by atoms with van der Waals surface area (Å²) in [6.07, 6.45) is 4.32. The van der Waals surface area contributed by atoms with Crippen LogP contribution in [0.25, 0.3) is 5.95 Å². The summed E-state index contributed by atoms with van der Waals surface area (Å²) in [5, 5.41) is 3.96. The highest BCUT2D eigenvalue weighted by molar-refractivity contribution is 5.83. The van der Waals surface area contributed by atoms with Crippen LogP contribution in [0.2, 0.25) is 0 Å². The number of hydrazine groups is 1. The van der Waals surface area contributed by atoms with Gasteiger partial charge in [0.2, 0.25) is 17.8 Å². The number of aromatic nitrogens is 6. The first-order valence-electron chi connectivity index (χ1n) is 6.32. The van der Waals surface area contributed by atoms with E-state index in [1.807, 2.05) is 0 Å². The largest absolute Gasteiger partial charge is 0.368 e. The summed E-state index contributed by atoms with van der Waals surface area (Å²) < 4.78 is 1.38. The first-order chi connectivity index (χ1) is 10.2. The summed E-state index contributed by atoms with van der Waals surface area (Å²) in [5.41, 5.74) is 7.78. The SMILES string of the molecule is NNc1nc(N2CCCC2C(N)=O)nc(-n2cncn2)n1. The van der Waals surface area contributed by atoms with E-state index in [0.29, 0.717) is 18.9 Å². The lowest BCUT2D eigenvalue weighted by Gasteiger charge is -2.22. The molecule has 0 bridgehead atoms. The number of nitrogens with two attached hydrogens (primary N) is 2. The maximum Gasteiger partial charge on any atom is 0.258 e. The van der Waals surface area contributed by atoms with E-state index in [1.165, 1.54) is 17.3 Å². The van der Waals surface area contributed by atoms with Crippen LogP contribution in [0, 0.1) is 0 Å². The molecule has 0 saturated carbocycles. The van der Waals surface area contributed by atoms with Crippen molar-refractivity contribution in [3.05, 3.63) is 12.7 Å². The predicted octanol–water partition coefficient (Wildman–Crippen LogP) is -1.81. The van der Waals surface area contributed by atoms with Crippen LogP contribution in [-0.2, 0) is 4.79 Å². The normalized spacial score (nSPS) is 18.0. The summed E-state index contributed by atoms with van der Waals surface area (Å²) in [6.45, 7) is 0.637. The number of hydrogen-bond donors (Lipinski definition) is 3. The van der Waals surface area contributed by atoms with Gasteiger partial charge in [-0.1, -0.05) is 0 Å². The maximum absolute atomic E-state index is 11.5. The zero-order valence-corrected chi connectivity index (χ0v) is 11.0. The molecule has 1 saturated heterocycles. The number of anilines is 2. The van der Waals surface area contributed by atoms with Gasteiger partial charge >= 0.3 is 0 Å². The fourth-order valence-corrected chi connectivity index (χ4v) is 2.26. The molecule has 21 heavy (non-hydrogen) atoms. The Balaban J connectivity index is 2.02. The minimum atomic E-state index is -0.429. The second-order valence-electron chi connectivity index (χ2n) is 4.50. The van der Waals surface area contributed by atoms with Crippen LogP contribution in [0.3, 0.4) is 0 Å². The van der Waals surface area contributed by atoms with Crippen LogP contribution in [0.4, 0.5) is 11.9 Å². The van der Waals surface area contributed by atoms with Crippen molar-refractivity contribution in [3.8, 4) is 5.95 Å². The number of nitrogen functional groups attached to an aromatic ring is 1. The Labute approximate surface area is 119 Å². The van der Waals surface area contributed by atoms with Gasteiger partial charge in [0.05, 0.1) is 0 Å². The molecule has 11 nitrogen and oxygen atoms in total. The maximum atomic E-state index is 11.5. The summed E-state index contributed by atoms with van der Waals surface area (Å²) in [6, 6.07) is -0.429. The molecule has 1 fully saturated rings. The lowest BCUT2D eigenvalue weighted by Crippen LogP contribution is -2.41. The molecule has 1 aliphatic rings. The van der Waals surface area contributed by atoms with Crippen LogP contribution >= 0.6 is 0 Å². The first-order valence-corrected chi connectivity index (χ1v) is 6.32. The summed E-state index contributed by atoms with van der Waals surface area (Å²) in [5.74, 6) is 5.71. The third-order valence-corrected chi connectivity index (χ3v) is 3.20. The molecule has 3 heterocycles. The lowest BCUT2D eigenvalue weighted by molar-refractivity contribution is -0.119. The van der Waals surface area contributed by atoms with Gasteiger partial charge in [-0.3, -0.25) is 10.2 Å². The van der Waals surface area contributed by atoms with Crippen molar-refractivity contribution in [1.29, 1.82) is 0 Å². The van der Waals surface area contributed by atoms with E-state index in [2.05, 4.69) is 30.5 Å². The van der Waals surface area contributed by atoms with Gasteiger partial charge in [-0.25, -0.2) is 10.8 Å². The summed E-state index contributed by atoms with van der Waals surface area (Å²) in [7, 11) is 0. The van der Waals surface area contributed by atoms with Gasteiger partial charge in [-0.05, 0) is 12.8 Å². The van der Waals surface area contributed by atoms with E-state index in [4.69, 9.17) is 11.6 Å². The highest BCUT2D eigenvalue weighted by atomic mass is 16.1. The number of hydrogen-bond acceptors (Lipinski definition) is 9. The van der Waals surface area contributed by atoms with Gasteiger partial charge in [-0.15, -0.1) is 0 Å². The molecule has 0 spiro atoms. The topological polar surface area (TPSA) is 154 Å². The number of rotatable bonds is 4. The Bertz CT molecular complexity index is 641. The number of nitrogens with zero attached hydrogens (tertiary/aromatic N) is 7. The van der Waals surface area contributed by atoms with Crippen molar-refractivity contribution in [1.82, 2.24) is 29.7 Å². The smallest absolute Gasteiger partial charge is 0.258 e. The van der Waals surface area contributed by atoms with E-state index in [-0.39, 0.29) is 11.9 Å². The Hall–Kier alpha value is -2.82. The van der Waals surface area contributed by atoms with Crippen molar-refractivity contribution in [2.75, 3.05) is 16.9 Å². The van der Waals surface area contributed by atoms with Gasteiger partial charge in [0.15, 0.2) is 0 Å². The molecule has 110 valence electrons. The van der Waals surface area contributed by atoms with Gasteiger partial charge in [-0.2, -0.15) is 24.7 Å². The van der Waals surface area contributed by atoms with Crippen LogP contribution < -0.4 is 21.9 Å².